The zero-order valence-corrected chi connectivity index (χ0v) is 17.5. The minimum absolute atomic E-state index is 0.0418. The second kappa shape index (κ2) is 8.57. The highest BCUT2D eigenvalue weighted by Gasteiger charge is 2.19. The van der Waals surface area contributed by atoms with E-state index in [1.54, 1.807) is 19.0 Å². The molecule has 30 heavy (non-hydrogen) atoms. The molecule has 1 aromatic heterocycles. The molecular formula is C25H27N3O2. The van der Waals surface area contributed by atoms with Crippen molar-refractivity contribution in [3.05, 3.63) is 77.5 Å². The third-order valence-electron chi connectivity index (χ3n) is 5.60. The normalized spacial score (nSPS) is 13.9. The molecule has 5 heteroatoms. The third-order valence-corrected chi connectivity index (χ3v) is 5.60. The Bertz CT molecular complexity index is 1100. The lowest BCUT2D eigenvalue weighted by molar-refractivity contribution is -0.130. The largest absolute Gasteiger partial charge is 0.351 e. The van der Waals surface area contributed by atoms with Gasteiger partial charge in [-0.1, -0.05) is 48.5 Å². The summed E-state index contributed by atoms with van der Waals surface area (Å²) in [7, 11) is 3.49. The molecular weight excluding hydrogens is 374 g/mol. The Kier molecular flexibility index (Phi) is 5.70. The van der Waals surface area contributed by atoms with Crippen molar-refractivity contribution >= 4 is 28.3 Å². The Morgan fingerprint density at radius 3 is 2.63 bits per heavy atom. The number of rotatable bonds is 5. The van der Waals surface area contributed by atoms with Crippen LogP contribution in [0.4, 0.5) is 0 Å². The summed E-state index contributed by atoms with van der Waals surface area (Å²) < 4.78 is 0. The molecule has 1 aliphatic heterocycles. The van der Waals surface area contributed by atoms with E-state index in [0.29, 0.717) is 18.7 Å². The smallest absolute Gasteiger partial charge is 0.269 e. The van der Waals surface area contributed by atoms with Gasteiger partial charge in [-0.2, -0.15) is 0 Å². The summed E-state index contributed by atoms with van der Waals surface area (Å²) in [6, 6.07) is 18.2. The molecule has 2 amide bonds. The van der Waals surface area contributed by atoms with Gasteiger partial charge in [-0.25, -0.2) is 0 Å². The fourth-order valence-electron chi connectivity index (χ4n) is 3.90. The second-order valence-corrected chi connectivity index (χ2v) is 8.00. The maximum absolute atomic E-state index is 12.8. The molecule has 0 unspecified atom stereocenters. The van der Waals surface area contributed by atoms with E-state index in [1.165, 1.54) is 5.56 Å². The van der Waals surface area contributed by atoms with Crippen molar-refractivity contribution in [2.75, 3.05) is 27.2 Å². The van der Waals surface area contributed by atoms with Crippen LogP contribution < -0.4 is 0 Å². The number of aromatic amines is 1. The molecule has 0 fully saturated rings. The summed E-state index contributed by atoms with van der Waals surface area (Å²) in [6.07, 6.45) is 4.38. The van der Waals surface area contributed by atoms with Crippen LogP contribution in [0.15, 0.2) is 60.7 Å². The van der Waals surface area contributed by atoms with Crippen molar-refractivity contribution in [2.45, 2.75) is 19.3 Å². The van der Waals surface area contributed by atoms with Crippen molar-refractivity contribution < 1.29 is 9.59 Å². The number of hydrogen-bond donors (Lipinski definition) is 1. The summed E-state index contributed by atoms with van der Waals surface area (Å²) in [6.45, 7) is 1.40. The number of hydrogen-bond acceptors (Lipinski definition) is 2. The van der Waals surface area contributed by atoms with Gasteiger partial charge in [0.05, 0.1) is 0 Å². The molecule has 1 N–H and O–H groups in total. The molecule has 0 saturated heterocycles. The molecule has 3 aromatic rings. The minimum atomic E-state index is -0.0418. The van der Waals surface area contributed by atoms with Crippen molar-refractivity contribution in [2.24, 2.45) is 0 Å². The lowest BCUT2D eigenvalue weighted by atomic mass is 9.99. The quantitative estimate of drug-likeness (QED) is 0.699. The Morgan fingerprint density at radius 1 is 1.07 bits per heavy atom. The zero-order valence-electron chi connectivity index (χ0n) is 17.5. The Hall–Kier alpha value is -3.34. The summed E-state index contributed by atoms with van der Waals surface area (Å²) in [5.41, 5.74) is 4.97. The van der Waals surface area contributed by atoms with Crippen molar-refractivity contribution in [1.82, 2.24) is 14.8 Å². The highest BCUT2D eigenvalue weighted by atomic mass is 16.2. The number of fused-ring (bicyclic) bond motifs is 1. The van der Waals surface area contributed by atoms with E-state index in [1.807, 2.05) is 35.2 Å². The molecule has 5 nitrogen and oxygen atoms in total. The van der Waals surface area contributed by atoms with Crippen LogP contribution in [0.5, 0.6) is 0 Å². The molecule has 4 rings (SSSR count). The number of carbonyl (C=O) groups is 2. The van der Waals surface area contributed by atoms with Gasteiger partial charge in [0, 0.05) is 44.5 Å². The maximum atomic E-state index is 12.8. The van der Waals surface area contributed by atoms with Crippen molar-refractivity contribution in [1.29, 1.82) is 0 Å². The fourth-order valence-corrected chi connectivity index (χ4v) is 3.90. The van der Waals surface area contributed by atoms with Gasteiger partial charge in [-0.3, -0.25) is 9.59 Å². The molecule has 2 heterocycles. The van der Waals surface area contributed by atoms with Crippen LogP contribution in [0.2, 0.25) is 0 Å². The van der Waals surface area contributed by atoms with Crippen LogP contribution in [-0.4, -0.2) is 53.8 Å². The predicted molar refractivity (Wildman–Crippen MR) is 120 cm³/mol. The molecule has 0 aliphatic carbocycles. The van der Waals surface area contributed by atoms with E-state index in [-0.39, 0.29) is 11.8 Å². The topological polar surface area (TPSA) is 56.4 Å². The Morgan fingerprint density at radius 2 is 1.87 bits per heavy atom. The SMILES string of the molecule is CN(C)C(=O)c1cc2ccc(C3=CCCN(C(=O)CCc4ccccc4)C3)cc2[nH]1. The lowest BCUT2D eigenvalue weighted by Gasteiger charge is -2.28. The first-order valence-electron chi connectivity index (χ1n) is 10.4. The molecule has 2 aromatic carbocycles. The molecule has 0 saturated carbocycles. The number of H-pyrrole nitrogens is 1. The molecule has 1 aliphatic rings. The predicted octanol–water partition coefficient (Wildman–Crippen LogP) is 4.12. The van der Waals surface area contributed by atoms with Gasteiger partial charge in [0.2, 0.25) is 5.91 Å². The lowest BCUT2D eigenvalue weighted by Crippen LogP contribution is -2.35. The number of carbonyl (C=O) groups excluding carboxylic acids is 2. The number of benzene rings is 2. The Balaban J connectivity index is 1.46. The number of amides is 2. The van der Waals surface area contributed by atoms with Crippen LogP contribution >= 0.6 is 0 Å². The fraction of sp³-hybridized carbons (Fsp3) is 0.280. The number of nitrogens with zero attached hydrogens (tertiary/aromatic N) is 2. The summed E-state index contributed by atoms with van der Waals surface area (Å²) >= 11 is 0. The molecule has 0 atom stereocenters. The monoisotopic (exact) mass is 401 g/mol. The molecule has 154 valence electrons. The van der Waals surface area contributed by atoms with E-state index < -0.39 is 0 Å². The molecule has 0 spiro atoms. The van der Waals surface area contributed by atoms with Crippen molar-refractivity contribution in [3.8, 4) is 0 Å². The highest BCUT2D eigenvalue weighted by molar-refractivity contribution is 5.98. The van der Waals surface area contributed by atoms with Crippen LogP contribution in [0, 0.1) is 0 Å². The van der Waals surface area contributed by atoms with E-state index in [9.17, 15) is 9.59 Å². The summed E-state index contributed by atoms with van der Waals surface area (Å²) in [5.74, 6) is 0.157. The average Bonchev–Trinajstić information content (AvgIpc) is 3.21. The molecule has 0 radical (unpaired) electrons. The van der Waals surface area contributed by atoms with E-state index in [2.05, 4.69) is 35.3 Å². The first-order chi connectivity index (χ1) is 14.5. The van der Waals surface area contributed by atoms with E-state index in [4.69, 9.17) is 0 Å². The van der Waals surface area contributed by atoms with Crippen LogP contribution in [0.1, 0.15) is 34.5 Å². The van der Waals surface area contributed by atoms with Crippen molar-refractivity contribution in [3.63, 3.8) is 0 Å². The van der Waals surface area contributed by atoms with E-state index >= 15 is 0 Å². The summed E-state index contributed by atoms with van der Waals surface area (Å²) in [4.78, 5) is 31.7. The molecule has 0 bridgehead atoms. The van der Waals surface area contributed by atoms with Crippen LogP contribution in [0.25, 0.3) is 16.5 Å². The van der Waals surface area contributed by atoms with Gasteiger partial charge in [0.1, 0.15) is 5.69 Å². The Labute approximate surface area is 177 Å². The van der Waals surface area contributed by atoms with Gasteiger partial charge >= 0.3 is 0 Å². The first kappa shape index (κ1) is 20.0. The highest BCUT2D eigenvalue weighted by Crippen LogP contribution is 2.26. The van der Waals surface area contributed by atoms with Crippen LogP contribution in [-0.2, 0) is 11.2 Å². The number of aromatic nitrogens is 1. The minimum Gasteiger partial charge on any atom is -0.351 e. The first-order valence-corrected chi connectivity index (χ1v) is 10.4. The van der Waals surface area contributed by atoms with Gasteiger partial charge in [-0.05, 0) is 41.7 Å². The van der Waals surface area contributed by atoms with Gasteiger partial charge < -0.3 is 14.8 Å². The zero-order chi connectivity index (χ0) is 21.1. The standard InChI is InChI=1S/C25H27N3O2/c1-27(2)25(30)23-16-20-12-11-19(15-22(20)26-23)21-9-6-14-28(17-21)24(29)13-10-18-7-4-3-5-8-18/h3-5,7-9,11-12,15-16,26H,6,10,13-14,17H2,1-2H3. The number of nitrogens with one attached hydrogen (secondary N) is 1. The summed E-state index contributed by atoms with van der Waals surface area (Å²) in [5, 5.41) is 1.01. The third kappa shape index (κ3) is 4.30. The maximum Gasteiger partial charge on any atom is 0.269 e. The van der Waals surface area contributed by atoms with Gasteiger partial charge in [0.25, 0.3) is 5.91 Å². The average molecular weight is 402 g/mol. The van der Waals surface area contributed by atoms with E-state index in [0.717, 1.165) is 41.4 Å². The van der Waals surface area contributed by atoms with Gasteiger partial charge in [0.15, 0.2) is 0 Å². The van der Waals surface area contributed by atoms with Gasteiger partial charge in [-0.15, -0.1) is 0 Å². The number of aryl methyl sites for hydroxylation is 1. The van der Waals surface area contributed by atoms with Crippen LogP contribution in [0.3, 0.4) is 0 Å². The second-order valence-electron chi connectivity index (χ2n) is 8.00.